The lowest BCUT2D eigenvalue weighted by molar-refractivity contribution is -0.141. The van der Waals surface area contributed by atoms with Gasteiger partial charge in [0.05, 0.1) is 16.6 Å². The molecular weight excluding hydrogens is 436 g/mol. The second-order valence-electron chi connectivity index (χ2n) is 8.02. The number of hydrogen-bond acceptors (Lipinski definition) is 8. The molecule has 162 valence electrons. The third-order valence-corrected chi connectivity index (χ3v) is 9.90. The van der Waals surface area contributed by atoms with E-state index in [1.807, 2.05) is 47.8 Å². The van der Waals surface area contributed by atoms with E-state index >= 15 is 0 Å². The molecule has 0 spiro atoms. The molecule has 0 saturated carbocycles. The van der Waals surface area contributed by atoms with Gasteiger partial charge in [-0.05, 0) is 59.7 Å². The highest BCUT2D eigenvalue weighted by Gasteiger charge is 2.53. The summed E-state index contributed by atoms with van der Waals surface area (Å²) in [5.74, 6) is 4.89. The number of carbonyl (C=O) groups is 1. The summed E-state index contributed by atoms with van der Waals surface area (Å²) in [6.07, 6.45) is 1.78. The number of benzene rings is 2. The molecule has 0 bridgehead atoms. The van der Waals surface area contributed by atoms with Gasteiger partial charge in [0.2, 0.25) is 13.6 Å². The van der Waals surface area contributed by atoms with Crippen molar-refractivity contribution in [3.05, 3.63) is 47.5 Å². The van der Waals surface area contributed by atoms with Crippen molar-refractivity contribution in [1.82, 2.24) is 0 Å². The van der Waals surface area contributed by atoms with Crippen LogP contribution in [0.5, 0.6) is 23.0 Å². The third kappa shape index (κ3) is 3.31. The van der Waals surface area contributed by atoms with E-state index in [0.717, 1.165) is 46.5 Å². The highest BCUT2D eigenvalue weighted by molar-refractivity contribution is 8.18. The maximum Gasteiger partial charge on any atom is 0.309 e. The maximum atomic E-state index is 12.9. The van der Waals surface area contributed by atoms with Crippen LogP contribution in [0.4, 0.5) is 0 Å². The van der Waals surface area contributed by atoms with Crippen LogP contribution in [0.25, 0.3) is 0 Å². The fraction of sp³-hybridized carbons (Fsp3) is 0.435. The Morgan fingerprint density at radius 1 is 0.839 bits per heavy atom. The number of hydrogen-bond donors (Lipinski definition) is 0. The molecule has 2 aromatic rings. The first-order chi connectivity index (χ1) is 15.2. The summed E-state index contributed by atoms with van der Waals surface area (Å²) >= 11 is 3.87. The van der Waals surface area contributed by atoms with Crippen LogP contribution >= 0.6 is 23.5 Å². The monoisotopic (exact) mass is 458 g/mol. The molecule has 6 rings (SSSR count). The molecule has 0 aromatic heterocycles. The molecule has 2 atom stereocenters. The van der Waals surface area contributed by atoms with Crippen molar-refractivity contribution in [2.45, 2.75) is 16.9 Å². The second kappa shape index (κ2) is 7.74. The SMILES string of the molecule is O=C1OC[C@H](C2(c3ccc4c(c3)OCO4)SCCCS2)[C@H]1Cc1ccc2c(c1)OCO2. The van der Waals surface area contributed by atoms with Crippen LogP contribution in [0.3, 0.4) is 0 Å². The first-order valence-corrected chi connectivity index (χ1v) is 12.4. The summed E-state index contributed by atoms with van der Waals surface area (Å²) in [5, 5.41) is 0. The molecule has 2 fully saturated rings. The second-order valence-corrected chi connectivity index (χ2v) is 11.0. The number of ether oxygens (including phenoxy) is 5. The van der Waals surface area contributed by atoms with Crippen molar-refractivity contribution in [2.24, 2.45) is 11.8 Å². The zero-order chi connectivity index (χ0) is 20.8. The van der Waals surface area contributed by atoms with Crippen molar-refractivity contribution in [1.29, 1.82) is 0 Å². The minimum absolute atomic E-state index is 0.0566. The topological polar surface area (TPSA) is 63.2 Å². The van der Waals surface area contributed by atoms with Gasteiger partial charge in [-0.2, -0.15) is 0 Å². The Morgan fingerprint density at radius 2 is 1.52 bits per heavy atom. The molecule has 4 aliphatic heterocycles. The molecule has 0 N–H and O–H groups in total. The van der Waals surface area contributed by atoms with E-state index in [0.29, 0.717) is 13.0 Å². The first-order valence-electron chi connectivity index (χ1n) is 10.5. The Hall–Kier alpha value is -2.19. The zero-order valence-corrected chi connectivity index (χ0v) is 18.5. The molecule has 0 aliphatic carbocycles. The zero-order valence-electron chi connectivity index (χ0n) is 16.8. The Bertz CT molecular complexity index is 1020. The maximum absolute atomic E-state index is 12.9. The first kappa shape index (κ1) is 19.5. The van der Waals surface area contributed by atoms with Crippen molar-refractivity contribution in [3.8, 4) is 23.0 Å². The molecular formula is C23H22O6S2. The molecule has 6 nitrogen and oxygen atoms in total. The lowest BCUT2D eigenvalue weighted by Crippen LogP contribution is -2.37. The number of cyclic esters (lactones) is 1. The fourth-order valence-electron chi connectivity index (χ4n) is 4.74. The Kier molecular flexibility index (Phi) is 4.87. The molecule has 4 heterocycles. The van der Waals surface area contributed by atoms with Crippen molar-refractivity contribution < 1.29 is 28.5 Å². The van der Waals surface area contributed by atoms with E-state index in [-0.39, 0.29) is 35.5 Å². The molecule has 2 aromatic carbocycles. The van der Waals surface area contributed by atoms with Gasteiger partial charge in [-0.1, -0.05) is 12.1 Å². The van der Waals surface area contributed by atoms with E-state index in [1.54, 1.807) is 0 Å². The Labute approximate surface area is 188 Å². The lowest BCUT2D eigenvalue weighted by atomic mass is 9.84. The van der Waals surface area contributed by atoms with Crippen LogP contribution in [0, 0.1) is 11.8 Å². The van der Waals surface area contributed by atoms with Gasteiger partial charge in [-0.25, -0.2) is 0 Å². The van der Waals surface area contributed by atoms with Gasteiger partial charge in [-0.3, -0.25) is 4.79 Å². The predicted molar refractivity (Wildman–Crippen MR) is 118 cm³/mol. The number of thioether (sulfide) groups is 2. The smallest absolute Gasteiger partial charge is 0.309 e. The summed E-state index contributed by atoms with van der Waals surface area (Å²) in [4.78, 5) is 12.9. The molecule has 0 unspecified atom stereocenters. The summed E-state index contributed by atoms with van der Waals surface area (Å²) < 4.78 is 27.5. The van der Waals surface area contributed by atoms with Gasteiger partial charge in [-0.15, -0.1) is 23.5 Å². The summed E-state index contributed by atoms with van der Waals surface area (Å²) in [5.41, 5.74) is 2.23. The van der Waals surface area contributed by atoms with Crippen LogP contribution in [0.2, 0.25) is 0 Å². The van der Waals surface area contributed by atoms with Crippen molar-refractivity contribution in [2.75, 3.05) is 31.7 Å². The fourth-order valence-corrected chi connectivity index (χ4v) is 8.42. The molecule has 4 aliphatic rings. The normalized spacial score (nSPS) is 25.5. The molecule has 2 saturated heterocycles. The highest BCUT2D eigenvalue weighted by Crippen LogP contribution is 2.59. The number of esters is 1. The number of carbonyl (C=O) groups excluding carboxylic acids is 1. The summed E-state index contributed by atoms with van der Waals surface area (Å²) in [7, 11) is 0. The quantitative estimate of drug-likeness (QED) is 0.632. The predicted octanol–water partition coefficient (Wildman–Crippen LogP) is 4.20. The standard InChI is InChI=1S/C23H22O6S2/c24-22-16(8-14-2-4-18-20(9-14)28-12-26-18)17(11-25-22)23(30-6-1-7-31-23)15-3-5-19-21(10-15)29-13-27-19/h2-5,9-10,16-17H,1,6-8,11-13H2/t16-,17+/m1/s1. The van der Waals surface area contributed by atoms with Crippen molar-refractivity contribution in [3.63, 3.8) is 0 Å². The van der Waals surface area contributed by atoms with Gasteiger partial charge in [0.25, 0.3) is 0 Å². The van der Waals surface area contributed by atoms with E-state index in [2.05, 4.69) is 12.1 Å². The Balaban J connectivity index is 1.35. The van der Waals surface area contributed by atoms with E-state index in [1.165, 1.54) is 5.56 Å². The average Bonchev–Trinajstić information content (AvgIpc) is 3.54. The van der Waals surface area contributed by atoms with Gasteiger partial charge < -0.3 is 23.7 Å². The summed E-state index contributed by atoms with van der Waals surface area (Å²) in [6.45, 7) is 0.930. The molecule has 31 heavy (non-hydrogen) atoms. The molecule has 0 radical (unpaired) electrons. The van der Waals surface area contributed by atoms with Gasteiger partial charge in [0, 0.05) is 5.92 Å². The lowest BCUT2D eigenvalue weighted by Gasteiger charge is -2.42. The molecule has 0 amide bonds. The van der Waals surface area contributed by atoms with Crippen LogP contribution in [-0.2, 0) is 20.0 Å². The largest absolute Gasteiger partial charge is 0.465 e. The minimum atomic E-state index is -0.258. The van der Waals surface area contributed by atoms with Crippen LogP contribution in [0.15, 0.2) is 36.4 Å². The van der Waals surface area contributed by atoms with E-state index in [9.17, 15) is 4.79 Å². The third-order valence-electron chi connectivity index (χ3n) is 6.27. The minimum Gasteiger partial charge on any atom is -0.465 e. The van der Waals surface area contributed by atoms with Crippen LogP contribution in [-0.4, -0.2) is 37.7 Å². The van der Waals surface area contributed by atoms with Crippen LogP contribution < -0.4 is 18.9 Å². The summed E-state index contributed by atoms with van der Waals surface area (Å²) in [6, 6.07) is 12.1. The van der Waals surface area contributed by atoms with E-state index in [4.69, 9.17) is 23.7 Å². The molecule has 8 heteroatoms. The van der Waals surface area contributed by atoms with E-state index < -0.39 is 0 Å². The number of fused-ring (bicyclic) bond motifs is 2. The average molecular weight is 459 g/mol. The van der Waals surface area contributed by atoms with Crippen LogP contribution in [0.1, 0.15) is 17.5 Å². The Morgan fingerprint density at radius 3 is 2.29 bits per heavy atom. The number of rotatable bonds is 4. The van der Waals surface area contributed by atoms with Gasteiger partial charge >= 0.3 is 5.97 Å². The van der Waals surface area contributed by atoms with Crippen molar-refractivity contribution >= 4 is 29.5 Å². The van der Waals surface area contributed by atoms with Gasteiger partial charge in [0.15, 0.2) is 23.0 Å². The van der Waals surface area contributed by atoms with Gasteiger partial charge in [0.1, 0.15) is 0 Å². The highest BCUT2D eigenvalue weighted by atomic mass is 32.2.